The molecule has 3 amide bonds. The summed E-state index contributed by atoms with van der Waals surface area (Å²) in [6.45, 7) is 1.55. The van der Waals surface area contributed by atoms with Crippen molar-refractivity contribution in [3.05, 3.63) is 47.0 Å². The molecule has 3 atom stereocenters. The summed E-state index contributed by atoms with van der Waals surface area (Å²) in [6.07, 6.45) is -1.19. The van der Waals surface area contributed by atoms with Gasteiger partial charge in [0.2, 0.25) is 11.8 Å². The van der Waals surface area contributed by atoms with E-state index in [2.05, 4.69) is 10.6 Å². The summed E-state index contributed by atoms with van der Waals surface area (Å²) < 4.78 is 0. The molecule has 1 aromatic carbocycles. The Hall–Kier alpha value is -2.71. The molecule has 1 aliphatic carbocycles. The van der Waals surface area contributed by atoms with Crippen LogP contribution in [-0.2, 0) is 9.59 Å². The number of rotatable bonds is 5. The zero-order valence-electron chi connectivity index (χ0n) is 13.7. The quantitative estimate of drug-likeness (QED) is 0.452. The highest BCUT2D eigenvalue weighted by atomic mass is 16.3. The van der Waals surface area contributed by atoms with Crippen molar-refractivity contribution >= 4 is 17.7 Å². The lowest BCUT2D eigenvalue weighted by Crippen LogP contribution is -2.51. The maximum atomic E-state index is 12.3. The lowest BCUT2D eigenvalue weighted by molar-refractivity contribution is -0.123. The minimum absolute atomic E-state index is 0.0946. The maximum absolute atomic E-state index is 12.3. The molecule has 0 aromatic heterocycles. The van der Waals surface area contributed by atoms with Crippen molar-refractivity contribution < 1.29 is 24.6 Å². The number of aliphatic hydroxyl groups is 2. The first kappa shape index (κ1) is 18.6. The van der Waals surface area contributed by atoms with Crippen LogP contribution in [-0.4, -0.2) is 52.7 Å². The van der Waals surface area contributed by atoms with Gasteiger partial charge in [-0.05, 0) is 19.1 Å². The summed E-state index contributed by atoms with van der Waals surface area (Å²) in [5, 5.41) is 24.9. The third-order valence-electron chi connectivity index (χ3n) is 3.90. The van der Waals surface area contributed by atoms with Crippen LogP contribution in [0.5, 0.6) is 0 Å². The Labute approximate surface area is 144 Å². The van der Waals surface area contributed by atoms with E-state index in [1.54, 1.807) is 24.3 Å². The number of amides is 3. The first-order valence-corrected chi connectivity index (χ1v) is 7.79. The van der Waals surface area contributed by atoms with E-state index in [4.69, 9.17) is 5.73 Å². The molecule has 1 aromatic rings. The van der Waals surface area contributed by atoms with Crippen LogP contribution < -0.4 is 16.4 Å². The molecular formula is C17H21N3O5. The van der Waals surface area contributed by atoms with Gasteiger partial charge in [-0.1, -0.05) is 23.8 Å². The normalized spacial score (nSPS) is 22.7. The summed E-state index contributed by atoms with van der Waals surface area (Å²) in [7, 11) is 0. The molecule has 134 valence electrons. The molecule has 0 fully saturated rings. The van der Waals surface area contributed by atoms with Gasteiger partial charge in [-0.3, -0.25) is 14.4 Å². The van der Waals surface area contributed by atoms with Crippen molar-refractivity contribution in [3.8, 4) is 0 Å². The van der Waals surface area contributed by atoms with Crippen LogP contribution in [0.15, 0.2) is 35.9 Å². The maximum Gasteiger partial charge on any atom is 0.251 e. The number of carbonyl (C=O) groups is 3. The average molecular weight is 347 g/mol. The topological polar surface area (TPSA) is 142 Å². The monoisotopic (exact) mass is 347 g/mol. The highest BCUT2D eigenvalue weighted by molar-refractivity contribution is 5.97. The second kappa shape index (κ2) is 7.91. The van der Waals surface area contributed by atoms with Crippen molar-refractivity contribution in [2.75, 3.05) is 6.54 Å². The van der Waals surface area contributed by atoms with Gasteiger partial charge in [0.15, 0.2) is 0 Å². The van der Waals surface area contributed by atoms with Crippen molar-refractivity contribution in [3.63, 3.8) is 0 Å². The molecule has 0 spiro atoms. The van der Waals surface area contributed by atoms with E-state index in [0.29, 0.717) is 5.56 Å². The van der Waals surface area contributed by atoms with Gasteiger partial charge in [0.05, 0.1) is 18.7 Å². The van der Waals surface area contributed by atoms with E-state index in [-0.39, 0.29) is 18.5 Å². The average Bonchev–Trinajstić information content (AvgIpc) is 2.57. The molecule has 0 unspecified atom stereocenters. The van der Waals surface area contributed by atoms with E-state index < -0.39 is 36.0 Å². The molecule has 0 saturated heterocycles. The lowest BCUT2D eigenvalue weighted by Gasteiger charge is -2.31. The van der Waals surface area contributed by atoms with Crippen LogP contribution in [0.2, 0.25) is 0 Å². The van der Waals surface area contributed by atoms with Gasteiger partial charge in [-0.25, -0.2) is 0 Å². The molecule has 0 saturated carbocycles. The number of aliphatic hydroxyl groups excluding tert-OH is 2. The molecule has 0 aliphatic heterocycles. The second-order valence-corrected chi connectivity index (χ2v) is 5.97. The fourth-order valence-electron chi connectivity index (χ4n) is 2.48. The third kappa shape index (κ3) is 4.88. The summed E-state index contributed by atoms with van der Waals surface area (Å²) in [4.78, 5) is 35.0. The molecule has 6 N–H and O–H groups in total. The summed E-state index contributed by atoms with van der Waals surface area (Å²) in [5.41, 5.74) is 6.52. The lowest BCUT2D eigenvalue weighted by atomic mass is 9.90. The van der Waals surface area contributed by atoms with Gasteiger partial charge in [-0.15, -0.1) is 0 Å². The van der Waals surface area contributed by atoms with Gasteiger partial charge in [0, 0.05) is 17.6 Å². The Morgan fingerprint density at radius 2 is 1.80 bits per heavy atom. The fourth-order valence-corrected chi connectivity index (χ4v) is 2.48. The molecule has 8 nitrogen and oxygen atoms in total. The van der Waals surface area contributed by atoms with Crippen LogP contribution in [0.4, 0.5) is 0 Å². The summed E-state index contributed by atoms with van der Waals surface area (Å²) in [6, 6.07) is 5.90. The smallest absolute Gasteiger partial charge is 0.251 e. The number of hydrogen-bond donors (Lipinski definition) is 5. The van der Waals surface area contributed by atoms with Crippen molar-refractivity contribution in [1.29, 1.82) is 0 Å². The van der Waals surface area contributed by atoms with Crippen LogP contribution in [0.3, 0.4) is 0 Å². The zero-order chi connectivity index (χ0) is 18.6. The minimum atomic E-state index is -1.25. The number of primary amides is 1. The predicted octanol–water partition coefficient (Wildman–Crippen LogP) is -1.25. The highest BCUT2D eigenvalue weighted by Crippen LogP contribution is 2.20. The molecule has 25 heavy (non-hydrogen) atoms. The van der Waals surface area contributed by atoms with Crippen LogP contribution >= 0.6 is 0 Å². The Morgan fingerprint density at radius 3 is 2.40 bits per heavy atom. The van der Waals surface area contributed by atoms with E-state index in [9.17, 15) is 24.6 Å². The van der Waals surface area contributed by atoms with E-state index in [1.165, 1.54) is 6.08 Å². The highest BCUT2D eigenvalue weighted by Gasteiger charge is 2.33. The zero-order valence-corrected chi connectivity index (χ0v) is 13.7. The molecule has 1 aliphatic rings. The van der Waals surface area contributed by atoms with E-state index >= 15 is 0 Å². The predicted molar refractivity (Wildman–Crippen MR) is 89.4 cm³/mol. The second-order valence-electron chi connectivity index (χ2n) is 5.97. The summed E-state index contributed by atoms with van der Waals surface area (Å²) in [5.74, 6) is -1.72. The largest absolute Gasteiger partial charge is 0.390 e. The van der Waals surface area contributed by atoms with Crippen molar-refractivity contribution in [2.24, 2.45) is 5.73 Å². The Bertz CT molecular complexity index is 699. The Balaban J connectivity index is 2.12. The van der Waals surface area contributed by atoms with Crippen LogP contribution in [0, 0.1) is 6.92 Å². The van der Waals surface area contributed by atoms with Crippen molar-refractivity contribution in [2.45, 2.75) is 31.6 Å². The Morgan fingerprint density at radius 1 is 1.16 bits per heavy atom. The fraction of sp³-hybridized carbons (Fsp3) is 0.353. The van der Waals surface area contributed by atoms with Gasteiger partial charge < -0.3 is 26.6 Å². The van der Waals surface area contributed by atoms with Crippen LogP contribution in [0.1, 0.15) is 22.3 Å². The third-order valence-corrected chi connectivity index (χ3v) is 3.90. The number of carbonyl (C=O) groups excluding carboxylic acids is 3. The number of benzene rings is 1. The number of aryl methyl sites for hydroxylation is 1. The molecule has 0 radical (unpaired) electrons. The molecule has 0 bridgehead atoms. The van der Waals surface area contributed by atoms with Crippen LogP contribution in [0.25, 0.3) is 0 Å². The van der Waals surface area contributed by atoms with Gasteiger partial charge >= 0.3 is 0 Å². The number of nitrogens with two attached hydrogens (primary N) is 1. The standard InChI is InChI=1S/C17H21N3O5/c1-9-2-4-10(5-3-9)17(25)20-12-6-11(7-13(21)15(12)23)16(24)19-8-14(18)22/h2-6,12-13,15,21,23H,7-8H2,1H3,(H2,18,22)(H,19,24)(H,20,25)/t12-,13-,15-/m1/s1. The first-order valence-electron chi connectivity index (χ1n) is 7.79. The molecule has 2 rings (SSSR count). The molecule has 0 heterocycles. The molecular weight excluding hydrogens is 326 g/mol. The molecule has 8 heteroatoms. The van der Waals surface area contributed by atoms with Crippen molar-refractivity contribution in [1.82, 2.24) is 10.6 Å². The minimum Gasteiger partial charge on any atom is -0.390 e. The number of nitrogens with one attached hydrogen (secondary N) is 2. The Kier molecular flexibility index (Phi) is 5.89. The van der Waals surface area contributed by atoms with Gasteiger partial charge in [-0.2, -0.15) is 0 Å². The SMILES string of the molecule is Cc1ccc(C(=O)N[C@@H]2C=C(C(=O)NCC(N)=O)C[C@@H](O)[C@@H]2O)cc1. The number of hydrogen-bond acceptors (Lipinski definition) is 5. The first-order chi connectivity index (χ1) is 11.8. The van der Waals surface area contributed by atoms with Gasteiger partial charge in [0.1, 0.15) is 6.10 Å². The van der Waals surface area contributed by atoms with E-state index in [1.807, 2.05) is 6.92 Å². The van der Waals surface area contributed by atoms with Gasteiger partial charge in [0.25, 0.3) is 5.91 Å². The van der Waals surface area contributed by atoms with E-state index in [0.717, 1.165) is 5.56 Å². The summed E-state index contributed by atoms with van der Waals surface area (Å²) >= 11 is 0.